The van der Waals surface area contributed by atoms with Gasteiger partial charge in [0.15, 0.2) is 0 Å². The summed E-state index contributed by atoms with van der Waals surface area (Å²) in [5.41, 5.74) is -0.229. The van der Waals surface area contributed by atoms with Gasteiger partial charge in [0, 0.05) is 0 Å². The third kappa shape index (κ3) is 1.80. The molecule has 0 aromatic rings. The van der Waals surface area contributed by atoms with Crippen molar-refractivity contribution in [2.75, 3.05) is 0 Å². The summed E-state index contributed by atoms with van der Waals surface area (Å²) in [4.78, 5) is 11.8. The highest BCUT2D eigenvalue weighted by atomic mass is 35.5. The molecule has 4 fully saturated rings. The van der Waals surface area contributed by atoms with E-state index in [-0.39, 0.29) is 11.6 Å². The van der Waals surface area contributed by atoms with Crippen molar-refractivity contribution < 1.29 is 9.53 Å². The summed E-state index contributed by atoms with van der Waals surface area (Å²) in [6.07, 6.45) is 6.45. The van der Waals surface area contributed by atoms with Crippen molar-refractivity contribution in [1.82, 2.24) is 0 Å². The molecule has 0 aromatic carbocycles. The summed E-state index contributed by atoms with van der Waals surface area (Å²) in [6, 6.07) is 0. The van der Waals surface area contributed by atoms with Crippen LogP contribution in [0.1, 0.15) is 46.0 Å². The van der Waals surface area contributed by atoms with Crippen molar-refractivity contribution in [2.45, 2.75) is 56.9 Å². The molecule has 96 valence electrons. The normalized spacial score (nSPS) is 49.1. The highest BCUT2D eigenvalue weighted by Crippen LogP contribution is 2.59. The topological polar surface area (TPSA) is 26.3 Å². The minimum Gasteiger partial charge on any atom is -0.458 e. The van der Waals surface area contributed by atoms with E-state index in [9.17, 15) is 4.79 Å². The first-order chi connectivity index (χ1) is 7.99. The molecule has 0 spiro atoms. The van der Waals surface area contributed by atoms with Crippen LogP contribution in [0.5, 0.6) is 0 Å². The van der Waals surface area contributed by atoms with Crippen molar-refractivity contribution in [3.8, 4) is 0 Å². The van der Waals surface area contributed by atoms with E-state index < -0.39 is 5.38 Å². The number of carbonyl (C=O) groups is 1. The molecule has 1 atom stereocenters. The molecular formula is C14H21ClO2. The minimum absolute atomic E-state index is 0.229. The third-order valence-electron chi connectivity index (χ3n) is 5.40. The van der Waals surface area contributed by atoms with Gasteiger partial charge in [0.25, 0.3) is 0 Å². The Balaban J connectivity index is 1.80. The Bertz CT molecular complexity index is 309. The van der Waals surface area contributed by atoms with E-state index in [4.69, 9.17) is 16.3 Å². The van der Waals surface area contributed by atoms with Gasteiger partial charge in [0.2, 0.25) is 0 Å². The van der Waals surface area contributed by atoms with Crippen LogP contribution < -0.4 is 0 Å². The maximum absolute atomic E-state index is 11.8. The fraction of sp³-hybridized carbons (Fsp3) is 0.929. The summed E-state index contributed by atoms with van der Waals surface area (Å²) in [7, 11) is 0. The average molecular weight is 257 g/mol. The Morgan fingerprint density at radius 3 is 2.06 bits per heavy atom. The number of hydrogen-bond acceptors (Lipinski definition) is 2. The molecule has 0 saturated heterocycles. The van der Waals surface area contributed by atoms with Crippen LogP contribution in [0.3, 0.4) is 0 Å². The quantitative estimate of drug-likeness (QED) is 0.559. The summed E-state index contributed by atoms with van der Waals surface area (Å²) in [6.45, 7) is 3.85. The smallest absolute Gasteiger partial charge is 0.324 e. The average Bonchev–Trinajstić information content (AvgIpc) is 2.25. The molecule has 4 saturated carbocycles. The Kier molecular flexibility index (Phi) is 2.70. The Morgan fingerprint density at radius 1 is 1.18 bits per heavy atom. The van der Waals surface area contributed by atoms with E-state index in [0.29, 0.717) is 11.8 Å². The zero-order chi connectivity index (χ0) is 12.2. The molecule has 4 aliphatic carbocycles. The second kappa shape index (κ2) is 3.88. The highest BCUT2D eigenvalue weighted by Gasteiger charge is 2.57. The van der Waals surface area contributed by atoms with E-state index in [1.807, 2.05) is 0 Å². The molecular weight excluding hydrogens is 236 g/mol. The first kappa shape index (κ1) is 11.8. The molecule has 17 heavy (non-hydrogen) atoms. The molecule has 4 aliphatic rings. The SMILES string of the molecule is CC(Cl)C(=O)OC1(C)C2CC3CC(C2)CC1C3. The molecule has 4 bridgehead atoms. The molecule has 1 unspecified atom stereocenters. The molecule has 3 heteroatoms. The van der Waals surface area contributed by atoms with E-state index >= 15 is 0 Å². The Labute approximate surface area is 108 Å². The van der Waals surface area contributed by atoms with Crippen LogP contribution in [-0.2, 0) is 9.53 Å². The lowest BCUT2D eigenvalue weighted by molar-refractivity contribution is -0.202. The van der Waals surface area contributed by atoms with Gasteiger partial charge in [0.1, 0.15) is 11.0 Å². The summed E-state index contributed by atoms with van der Waals surface area (Å²) >= 11 is 5.83. The Morgan fingerprint density at radius 2 is 1.65 bits per heavy atom. The maximum Gasteiger partial charge on any atom is 0.324 e. The number of halogens is 1. The lowest BCUT2D eigenvalue weighted by atomic mass is 9.50. The number of esters is 1. The predicted octanol–water partition coefficient (Wildman–Crippen LogP) is 3.37. The molecule has 0 heterocycles. The van der Waals surface area contributed by atoms with Crippen molar-refractivity contribution in [2.24, 2.45) is 23.7 Å². The van der Waals surface area contributed by atoms with Crippen LogP contribution in [0, 0.1) is 23.7 Å². The number of carbonyl (C=O) groups excluding carboxylic acids is 1. The van der Waals surface area contributed by atoms with Crippen LogP contribution in [0.4, 0.5) is 0 Å². The van der Waals surface area contributed by atoms with Gasteiger partial charge in [0.05, 0.1) is 0 Å². The Hall–Kier alpha value is -0.240. The fourth-order valence-electron chi connectivity index (χ4n) is 4.58. The summed E-state index contributed by atoms with van der Waals surface area (Å²) in [5.74, 6) is 2.73. The molecule has 2 nitrogen and oxygen atoms in total. The van der Waals surface area contributed by atoms with Crippen LogP contribution in [0.15, 0.2) is 0 Å². The second-order valence-corrected chi connectivity index (χ2v) is 7.18. The monoisotopic (exact) mass is 256 g/mol. The number of hydrogen-bond donors (Lipinski definition) is 0. The van der Waals surface area contributed by atoms with Gasteiger partial charge in [-0.1, -0.05) is 0 Å². The largest absolute Gasteiger partial charge is 0.458 e. The van der Waals surface area contributed by atoms with E-state index in [2.05, 4.69) is 6.92 Å². The zero-order valence-electron chi connectivity index (χ0n) is 10.6. The summed E-state index contributed by atoms with van der Waals surface area (Å²) < 4.78 is 5.81. The van der Waals surface area contributed by atoms with Gasteiger partial charge in [-0.15, -0.1) is 11.6 Å². The van der Waals surface area contributed by atoms with Crippen molar-refractivity contribution >= 4 is 17.6 Å². The van der Waals surface area contributed by atoms with Gasteiger partial charge in [-0.2, -0.15) is 0 Å². The van der Waals surface area contributed by atoms with Gasteiger partial charge in [-0.05, 0) is 69.6 Å². The minimum atomic E-state index is -0.524. The highest BCUT2D eigenvalue weighted by molar-refractivity contribution is 6.29. The van der Waals surface area contributed by atoms with E-state index in [1.165, 1.54) is 32.1 Å². The number of rotatable bonds is 2. The molecule has 0 N–H and O–H groups in total. The van der Waals surface area contributed by atoms with Gasteiger partial charge < -0.3 is 4.74 Å². The first-order valence-corrected chi connectivity index (χ1v) is 7.29. The summed E-state index contributed by atoms with van der Waals surface area (Å²) in [5, 5.41) is -0.524. The van der Waals surface area contributed by atoms with Crippen molar-refractivity contribution in [3.63, 3.8) is 0 Å². The lowest BCUT2D eigenvalue weighted by Crippen LogP contribution is -2.58. The van der Waals surface area contributed by atoms with Crippen LogP contribution >= 0.6 is 11.6 Å². The van der Waals surface area contributed by atoms with Crippen LogP contribution in [0.2, 0.25) is 0 Å². The number of alkyl halides is 1. The van der Waals surface area contributed by atoms with Gasteiger partial charge in [-0.3, -0.25) is 4.79 Å². The molecule has 0 aromatic heterocycles. The first-order valence-electron chi connectivity index (χ1n) is 6.86. The van der Waals surface area contributed by atoms with Crippen LogP contribution in [0.25, 0.3) is 0 Å². The zero-order valence-corrected chi connectivity index (χ0v) is 11.4. The third-order valence-corrected chi connectivity index (χ3v) is 5.58. The van der Waals surface area contributed by atoms with Gasteiger partial charge in [-0.25, -0.2) is 0 Å². The fourth-order valence-corrected chi connectivity index (χ4v) is 4.63. The molecule has 0 amide bonds. The van der Waals surface area contributed by atoms with Crippen molar-refractivity contribution in [3.05, 3.63) is 0 Å². The number of ether oxygens (including phenoxy) is 1. The molecule has 4 rings (SSSR count). The lowest BCUT2D eigenvalue weighted by Gasteiger charge is -2.59. The standard InChI is InChI=1S/C14H21ClO2/c1-8(15)13(16)17-14(2)11-4-9-3-10(6-11)7-12(14)5-9/h8-12H,3-7H2,1-2H3. The van der Waals surface area contributed by atoms with Gasteiger partial charge >= 0.3 is 5.97 Å². The van der Waals surface area contributed by atoms with E-state index in [0.717, 1.165) is 11.8 Å². The van der Waals surface area contributed by atoms with Crippen LogP contribution in [-0.4, -0.2) is 16.9 Å². The second-order valence-electron chi connectivity index (χ2n) is 6.53. The van der Waals surface area contributed by atoms with Crippen molar-refractivity contribution in [1.29, 1.82) is 0 Å². The molecule has 0 aliphatic heterocycles. The predicted molar refractivity (Wildman–Crippen MR) is 66.9 cm³/mol. The maximum atomic E-state index is 11.8. The molecule has 0 radical (unpaired) electrons. The van der Waals surface area contributed by atoms with E-state index in [1.54, 1.807) is 6.92 Å².